The second kappa shape index (κ2) is 13.2. The van der Waals surface area contributed by atoms with Gasteiger partial charge in [0, 0.05) is 57.2 Å². The highest BCUT2D eigenvalue weighted by Gasteiger charge is 2.30. The summed E-state index contributed by atoms with van der Waals surface area (Å²) >= 11 is 12.6. The monoisotopic (exact) mass is 590 g/mol. The highest BCUT2D eigenvalue weighted by atomic mass is 35.5. The number of hydrogen-bond acceptors (Lipinski definition) is 4. The number of likely N-dealkylation sites (tertiary alicyclic amines) is 2. The third-order valence-electron chi connectivity index (χ3n) is 8.63. The number of carbonyl (C=O) groups is 2. The van der Waals surface area contributed by atoms with Gasteiger partial charge in [-0.15, -0.1) is 0 Å². The van der Waals surface area contributed by atoms with E-state index in [0.29, 0.717) is 46.1 Å². The zero-order valence-corrected chi connectivity index (χ0v) is 25.0. The van der Waals surface area contributed by atoms with Gasteiger partial charge in [0.05, 0.1) is 21.7 Å². The summed E-state index contributed by atoms with van der Waals surface area (Å²) in [6.07, 6.45) is 5.67. The van der Waals surface area contributed by atoms with Gasteiger partial charge >= 0.3 is 0 Å². The molecule has 2 saturated heterocycles. The summed E-state index contributed by atoms with van der Waals surface area (Å²) in [6, 6.07) is 19.4. The Morgan fingerprint density at radius 3 is 2.56 bits per heavy atom. The summed E-state index contributed by atoms with van der Waals surface area (Å²) in [6.45, 7) is 4.21. The summed E-state index contributed by atoms with van der Waals surface area (Å²) in [5.41, 5.74) is 2.05. The molecule has 8 heteroatoms. The molecule has 2 aliphatic rings. The summed E-state index contributed by atoms with van der Waals surface area (Å²) < 4.78 is 0. The van der Waals surface area contributed by atoms with Crippen LogP contribution in [0.2, 0.25) is 10.0 Å². The summed E-state index contributed by atoms with van der Waals surface area (Å²) in [7, 11) is 1.82. The van der Waals surface area contributed by atoms with Crippen LogP contribution < -0.4 is 0 Å². The third-order valence-corrected chi connectivity index (χ3v) is 9.37. The Morgan fingerprint density at radius 1 is 1.05 bits per heavy atom. The highest BCUT2D eigenvalue weighted by molar-refractivity contribution is 6.42. The van der Waals surface area contributed by atoms with E-state index >= 15 is 0 Å². The lowest BCUT2D eigenvalue weighted by atomic mass is 9.93. The van der Waals surface area contributed by atoms with Crippen molar-refractivity contribution in [1.82, 2.24) is 14.7 Å². The van der Waals surface area contributed by atoms with Crippen LogP contribution in [0.3, 0.4) is 0 Å². The van der Waals surface area contributed by atoms with Crippen molar-refractivity contribution in [3.63, 3.8) is 0 Å². The first-order valence-corrected chi connectivity index (χ1v) is 15.2. The quantitative estimate of drug-likeness (QED) is 0.291. The molecule has 2 amide bonds. The van der Waals surface area contributed by atoms with E-state index in [4.69, 9.17) is 23.2 Å². The highest BCUT2D eigenvalue weighted by Crippen LogP contribution is 2.31. The van der Waals surface area contributed by atoms with Crippen LogP contribution >= 0.6 is 23.2 Å². The standard InChI is InChI=1S/C33H36Cl2N4O2/c1-37(33(41)29-19-23(21-36)18-25-6-2-3-7-28(25)29)22-26(24-9-10-30(34)31(35)20-24)11-15-38-16-12-27(13-17-38)39-14-5-4-8-32(39)40/h2-3,6-7,9-10,18-20,26-27H,4-5,8,11-17,22H2,1H3. The lowest BCUT2D eigenvalue weighted by Gasteiger charge is -2.40. The van der Waals surface area contributed by atoms with Crippen molar-refractivity contribution in [1.29, 1.82) is 5.26 Å². The van der Waals surface area contributed by atoms with Gasteiger partial charge in [-0.2, -0.15) is 5.26 Å². The van der Waals surface area contributed by atoms with Crippen LogP contribution in [-0.4, -0.2) is 72.3 Å². The number of piperidine rings is 2. The largest absolute Gasteiger partial charge is 0.341 e. The molecule has 0 aromatic heterocycles. The first-order valence-electron chi connectivity index (χ1n) is 14.5. The number of carbonyl (C=O) groups excluding carboxylic acids is 2. The fourth-order valence-corrected chi connectivity index (χ4v) is 6.61. The number of rotatable bonds is 8. The van der Waals surface area contributed by atoms with Gasteiger partial charge in [-0.3, -0.25) is 9.59 Å². The maximum Gasteiger partial charge on any atom is 0.254 e. The predicted molar refractivity (Wildman–Crippen MR) is 164 cm³/mol. The molecule has 1 atom stereocenters. The smallest absolute Gasteiger partial charge is 0.254 e. The zero-order chi connectivity index (χ0) is 28.9. The first-order chi connectivity index (χ1) is 19.8. The molecule has 0 aliphatic carbocycles. The van der Waals surface area contributed by atoms with Crippen molar-refractivity contribution >= 4 is 45.8 Å². The number of nitriles is 1. The van der Waals surface area contributed by atoms with E-state index in [0.717, 1.165) is 74.6 Å². The molecule has 3 aromatic rings. The Kier molecular flexibility index (Phi) is 9.49. The lowest BCUT2D eigenvalue weighted by Crippen LogP contribution is -2.49. The number of likely N-dealkylation sites (N-methyl/N-ethyl adjacent to an activating group) is 1. The van der Waals surface area contributed by atoms with Gasteiger partial charge in [0.2, 0.25) is 5.91 Å². The molecule has 1 unspecified atom stereocenters. The van der Waals surface area contributed by atoms with Crippen LogP contribution in [-0.2, 0) is 4.79 Å². The van der Waals surface area contributed by atoms with Gasteiger partial charge in [0.15, 0.2) is 0 Å². The average Bonchev–Trinajstić information content (AvgIpc) is 3.00. The van der Waals surface area contributed by atoms with Crippen molar-refractivity contribution < 1.29 is 9.59 Å². The van der Waals surface area contributed by atoms with Gasteiger partial charge in [-0.1, -0.05) is 53.5 Å². The average molecular weight is 592 g/mol. The fraction of sp³-hybridized carbons (Fsp3) is 0.424. The number of halogens is 2. The molecule has 0 saturated carbocycles. The van der Waals surface area contributed by atoms with Crippen molar-refractivity contribution in [2.75, 3.05) is 39.8 Å². The van der Waals surface area contributed by atoms with E-state index in [-0.39, 0.29) is 11.8 Å². The van der Waals surface area contributed by atoms with Gasteiger partial charge < -0.3 is 14.7 Å². The number of benzene rings is 3. The number of amides is 2. The molecule has 0 spiro atoms. The van der Waals surface area contributed by atoms with E-state index in [9.17, 15) is 14.9 Å². The Morgan fingerprint density at radius 2 is 1.83 bits per heavy atom. The third kappa shape index (κ3) is 6.86. The molecule has 0 bridgehead atoms. The molecule has 5 rings (SSSR count). The van der Waals surface area contributed by atoms with Gasteiger partial charge in [0.25, 0.3) is 5.91 Å². The number of nitrogens with zero attached hydrogens (tertiary/aromatic N) is 4. The molecule has 2 fully saturated rings. The van der Waals surface area contributed by atoms with E-state index in [1.54, 1.807) is 11.0 Å². The summed E-state index contributed by atoms with van der Waals surface area (Å²) in [4.78, 5) is 32.5. The van der Waals surface area contributed by atoms with Crippen molar-refractivity contribution in [3.05, 3.63) is 81.3 Å². The fourth-order valence-electron chi connectivity index (χ4n) is 6.31. The Hall–Kier alpha value is -3.11. The Labute approximate surface area is 252 Å². The Bertz CT molecular complexity index is 1460. The maximum atomic E-state index is 13.8. The molecular formula is C33H36Cl2N4O2. The minimum absolute atomic E-state index is 0.0468. The van der Waals surface area contributed by atoms with Gasteiger partial charge in [0.1, 0.15) is 0 Å². The van der Waals surface area contributed by atoms with Crippen LogP contribution in [0.5, 0.6) is 0 Å². The second-order valence-corrected chi connectivity index (χ2v) is 12.1. The van der Waals surface area contributed by atoms with E-state index in [2.05, 4.69) is 15.9 Å². The molecule has 2 heterocycles. The SMILES string of the molecule is CN(CC(CCN1CCC(N2CCCCC2=O)CC1)c1ccc(Cl)c(Cl)c1)C(=O)c1cc(C#N)cc2ccccc12. The van der Waals surface area contributed by atoms with Crippen LogP contribution in [0.15, 0.2) is 54.6 Å². The minimum atomic E-state index is -0.115. The molecule has 214 valence electrons. The zero-order valence-electron chi connectivity index (χ0n) is 23.5. The van der Waals surface area contributed by atoms with Crippen LogP contribution in [0.25, 0.3) is 10.8 Å². The van der Waals surface area contributed by atoms with Crippen LogP contribution in [0.4, 0.5) is 0 Å². The van der Waals surface area contributed by atoms with E-state index < -0.39 is 0 Å². The maximum absolute atomic E-state index is 13.8. The minimum Gasteiger partial charge on any atom is -0.341 e. The lowest BCUT2D eigenvalue weighted by molar-refractivity contribution is -0.136. The predicted octanol–water partition coefficient (Wildman–Crippen LogP) is 6.74. The van der Waals surface area contributed by atoms with Gasteiger partial charge in [-0.25, -0.2) is 0 Å². The number of fused-ring (bicyclic) bond motifs is 1. The molecule has 0 N–H and O–H groups in total. The second-order valence-electron chi connectivity index (χ2n) is 11.3. The van der Waals surface area contributed by atoms with E-state index in [1.165, 1.54) is 0 Å². The van der Waals surface area contributed by atoms with Crippen molar-refractivity contribution in [3.8, 4) is 6.07 Å². The van der Waals surface area contributed by atoms with Crippen LogP contribution in [0, 0.1) is 11.3 Å². The molecule has 2 aliphatic heterocycles. The van der Waals surface area contributed by atoms with E-state index in [1.807, 2.05) is 55.6 Å². The normalized spacial score (nSPS) is 17.4. The van der Waals surface area contributed by atoms with Crippen molar-refractivity contribution in [2.45, 2.75) is 50.5 Å². The molecular weight excluding hydrogens is 555 g/mol. The summed E-state index contributed by atoms with van der Waals surface area (Å²) in [5, 5.41) is 12.3. The van der Waals surface area contributed by atoms with Crippen molar-refractivity contribution in [2.24, 2.45) is 0 Å². The topological polar surface area (TPSA) is 67.7 Å². The van der Waals surface area contributed by atoms with Crippen LogP contribution in [0.1, 0.15) is 65.9 Å². The summed E-state index contributed by atoms with van der Waals surface area (Å²) in [5.74, 6) is 0.246. The molecule has 0 radical (unpaired) electrons. The van der Waals surface area contributed by atoms with Gasteiger partial charge in [-0.05, 0) is 79.3 Å². The molecule has 3 aromatic carbocycles. The molecule has 41 heavy (non-hydrogen) atoms. The Balaban J connectivity index is 1.29. The molecule has 6 nitrogen and oxygen atoms in total. The first kappa shape index (κ1) is 29.4. The number of hydrogen-bond donors (Lipinski definition) is 0.